The fourth-order valence-electron chi connectivity index (χ4n) is 2.64. The van der Waals surface area contributed by atoms with Crippen LogP contribution in [-0.2, 0) is 12.8 Å². The minimum Gasteiger partial charge on any atom is -0.0613 e. The second-order valence-corrected chi connectivity index (χ2v) is 4.88. The van der Waals surface area contributed by atoms with Crippen LogP contribution in [0.25, 0.3) is 0 Å². The third-order valence-electron chi connectivity index (χ3n) is 3.68. The van der Waals surface area contributed by atoms with Crippen molar-refractivity contribution >= 4 is 0 Å². The molecule has 1 fully saturated rings. The summed E-state index contributed by atoms with van der Waals surface area (Å²) in [6.45, 7) is 2.22. The van der Waals surface area contributed by atoms with E-state index in [9.17, 15) is 0 Å². The van der Waals surface area contributed by atoms with E-state index in [4.69, 9.17) is 0 Å². The van der Waals surface area contributed by atoms with Gasteiger partial charge in [0, 0.05) is 0 Å². The molecule has 0 nitrogen and oxygen atoms in total. The van der Waals surface area contributed by atoms with E-state index in [2.05, 4.69) is 31.2 Å². The van der Waals surface area contributed by atoms with Crippen molar-refractivity contribution in [3.8, 4) is 0 Å². The number of benzene rings is 1. The Kier molecular flexibility index (Phi) is 3.82. The molecule has 0 radical (unpaired) electrons. The van der Waals surface area contributed by atoms with Crippen LogP contribution in [0.2, 0.25) is 0 Å². The third kappa shape index (κ3) is 3.09. The zero-order valence-corrected chi connectivity index (χ0v) is 9.84. The molecule has 1 aliphatic rings. The average Bonchev–Trinajstić information content (AvgIpc) is 2.31. The van der Waals surface area contributed by atoms with Crippen LogP contribution in [0.1, 0.15) is 50.2 Å². The zero-order chi connectivity index (χ0) is 10.5. The number of aryl methyl sites for hydroxylation is 1. The SMILES string of the molecule is CCc1ccc(CC2CCCCC2)cc1. The van der Waals surface area contributed by atoms with Crippen LogP contribution < -0.4 is 0 Å². The van der Waals surface area contributed by atoms with Crippen LogP contribution in [0.3, 0.4) is 0 Å². The van der Waals surface area contributed by atoms with Crippen LogP contribution in [0.15, 0.2) is 24.3 Å². The fraction of sp³-hybridized carbons (Fsp3) is 0.600. The van der Waals surface area contributed by atoms with E-state index >= 15 is 0 Å². The smallest absolute Gasteiger partial charge is 0.0250 e. The first-order valence-corrected chi connectivity index (χ1v) is 6.46. The molecule has 0 amide bonds. The minimum absolute atomic E-state index is 0.964. The van der Waals surface area contributed by atoms with Gasteiger partial charge in [0.1, 0.15) is 0 Å². The van der Waals surface area contributed by atoms with E-state index in [1.807, 2.05) is 0 Å². The summed E-state index contributed by atoms with van der Waals surface area (Å²) < 4.78 is 0. The number of rotatable bonds is 3. The lowest BCUT2D eigenvalue weighted by Crippen LogP contribution is -2.09. The molecule has 1 aromatic carbocycles. The normalized spacial score (nSPS) is 17.9. The summed E-state index contributed by atoms with van der Waals surface area (Å²) in [5.74, 6) is 0.964. The van der Waals surface area contributed by atoms with Crippen LogP contribution in [0.5, 0.6) is 0 Å². The molecule has 0 bridgehead atoms. The Bertz CT molecular complexity index is 277. The van der Waals surface area contributed by atoms with Crippen molar-refractivity contribution < 1.29 is 0 Å². The molecule has 82 valence electrons. The van der Waals surface area contributed by atoms with Gasteiger partial charge in [0.05, 0.1) is 0 Å². The van der Waals surface area contributed by atoms with Crippen molar-refractivity contribution in [1.29, 1.82) is 0 Å². The van der Waals surface area contributed by atoms with Crippen LogP contribution in [0.4, 0.5) is 0 Å². The maximum atomic E-state index is 2.33. The molecule has 0 N–H and O–H groups in total. The lowest BCUT2D eigenvalue weighted by Gasteiger charge is -2.21. The Balaban J connectivity index is 1.91. The maximum Gasteiger partial charge on any atom is -0.0250 e. The second-order valence-electron chi connectivity index (χ2n) is 4.88. The molecule has 15 heavy (non-hydrogen) atoms. The molecule has 0 aromatic heterocycles. The van der Waals surface area contributed by atoms with Gasteiger partial charge in [0.25, 0.3) is 0 Å². The number of hydrogen-bond acceptors (Lipinski definition) is 0. The summed E-state index contributed by atoms with van der Waals surface area (Å²) in [6, 6.07) is 9.23. The molecule has 0 heterocycles. The van der Waals surface area contributed by atoms with E-state index in [1.165, 1.54) is 44.1 Å². The van der Waals surface area contributed by atoms with Crippen molar-refractivity contribution in [2.24, 2.45) is 5.92 Å². The first kappa shape index (κ1) is 10.7. The van der Waals surface area contributed by atoms with Gasteiger partial charge in [-0.25, -0.2) is 0 Å². The summed E-state index contributed by atoms with van der Waals surface area (Å²) in [7, 11) is 0. The first-order chi connectivity index (χ1) is 7.38. The molecule has 0 heteroatoms. The van der Waals surface area contributed by atoms with Crippen LogP contribution in [-0.4, -0.2) is 0 Å². The van der Waals surface area contributed by atoms with Gasteiger partial charge in [0.15, 0.2) is 0 Å². The van der Waals surface area contributed by atoms with E-state index in [-0.39, 0.29) is 0 Å². The van der Waals surface area contributed by atoms with Gasteiger partial charge in [-0.05, 0) is 29.9 Å². The summed E-state index contributed by atoms with van der Waals surface area (Å²) in [5.41, 5.74) is 3.00. The molecule has 1 saturated carbocycles. The molecule has 1 aliphatic carbocycles. The van der Waals surface area contributed by atoms with E-state index < -0.39 is 0 Å². The molecular weight excluding hydrogens is 180 g/mol. The van der Waals surface area contributed by atoms with Gasteiger partial charge >= 0.3 is 0 Å². The quantitative estimate of drug-likeness (QED) is 0.682. The Hall–Kier alpha value is -0.780. The molecule has 0 unspecified atom stereocenters. The Morgan fingerprint density at radius 1 is 0.933 bits per heavy atom. The lowest BCUT2D eigenvalue weighted by atomic mass is 9.85. The summed E-state index contributed by atoms with van der Waals surface area (Å²) in [4.78, 5) is 0. The molecule has 0 saturated heterocycles. The van der Waals surface area contributed by atoms with E-state index in [0.29, 0.717) is 0 Å². The molecule has 1 aromatic rings. The Morgan fingerprint density at radius 3 is 2.13 bits per heavy atom. The summed E-state index contributed by atoms with van der Waals surface area (Å²) in [5, 5.41) is 0. The van der Waals surface area contributed by atoms with Gasteiger partial charge in [0.2, 0.25) is 0 Å². The largest absolute Gasteiger partial charge is 0.0613 e. The summed E-state index contributed by atoms with van der Waals surface area (Å²) in [6.07, 6.45) is 9.75. The predicted molar refractivity (Wildman–Crippen MR) is 66.1 cm³/mol. The predicted octanol–water partition coefficient (Wildman–Crippen LogP) is 4.37. The standard InChI is InChI=1S/C15H22/c1-2-13-8-10-15(11-9-13)12-14-6-4-3-5-7-14/h8-11,14H,2-7,12H2,1H3. The van der Waals surface area contributed by atoms with E-state index in [1.54, 1.807) is 5.56 Å². The highest BCUT2D eigenvalue weighted by atomic mass is 14.2. The highest BCUT2D eigenvalue weighted by Gasteiger charge is 2.13. The van der Waals surface area contributed by atoms with Crippen molar-refractivity contribution in [3.63, 3.8) is 0 Å². The Labute approximate surface area is 93.7 Å². The molecular formula is C15H22. The van der Waals surface area contributed by atoms with Gasteiger partial charge in [-0.15, -0.1) is 0 Å². The van der Waals surface area contributed by atoms with Crippen molar-refractivity contribution in [1.82, 2.24) is 0 Å². The van der Waals surface area contributed by atoms with Crippen molar-refractivity contribution in [2.75, 3.05) is 0 Å². The maximum absolute atomic E-state index is 2.33. The van der Waals surface area contributed by atoms with Gasteiger partial charge in [-0.3, -0.25) is 0 Å². The molecule has 0 spiro atoms. The Morgan fingerprint density at radius 2 is 1.53 bits per heavy atom. The van der Waals surface area contributed by atoms with Gasteiger partial charge in [-0.2, -0.15) is 0 Å². The van der Waals surface area contributed by atoms with Gasteiger partial charge in [-0.1, -0.05) is 63.3 Å². The van der Waals surface area contributed by atoms with Gasteiger partial charge < -0.3 is 0 Å². The minimum atomic E-state index is 0.964. The highest BCUT2D eigenvalue weighted by Crippen LogP contribution is 2.26. The lowest BCUT2D eigenvalue weighted by molar-refractivity contribution is 0.356. The van der Waals surface area contributed by atoms with Crippen molar-refractivity contribution in [3.05, 3.63) is 35.4 Å². The molecule has 2 rings (SSSR count). The third-order valence-corrected chi connectivity index (χ3v) is 3.68. The first-order valence-electron chi connectivity index (χ1n) is 6.46. The van der Waals surface area contributed by atoms with Crippen molar-refractivity contribution in [2.45, 2.75) is 51.9 Å². The van der Waals surface area contributed by atoms with E-state index in [0.717, 1.165) is 12.3 Å². The fourth-order valence-corrected chi connectivity index (χ4v) is 2.64. The summed E-state index contributed by atoms with van der Waals surface area (Å²) >= 11 is 0. The highest BCUT2D eigenvalue weighted by molar-refractivity contribution is 5.22. The monoisotopic (exact) mass is 202 g/mol. The zero-order valence-electron chi connectivity index (χ0n) is 9.84. The second kappa shape index (κ2) is 5.34. The molecule has 0 aliphatic heterocycles. The average molecular weight is 202 g/mol. The van der Waals surface area contributed by atoms with Crippen LogP contribution in [0, 0.1) is 5.92 Å². The topological polar surface area (TPSA) is 0 Å². The van der Waals surface area contributed by atoms with Crippen LogP contribution >= 0.6 is 0 Å². The number of hydrogen-bond donors (Lipinski definition) is 0. The molecule has 0 atom stereocenters.